The molecule has 0 aliphatic carbocycles. The Balaban J connectivity index is 1.96. The van der Waals surface area contributed by atoms with E-state index in [4.69, 9.17) is 4.98 Å². The molecule has 0 bridgehead atoms. The van der Waals surface area contributed by atoms with Gasteiger partial charge in [0, 0.05) is 43.8 Å². The van der Waals surface area contributed by atoms with Crippen LogP contribution in [0.3, 0.4) is 0 Å². The minimum Gasteiger partial charge on any atom is -0.368 e. The van der Waals surface area contributed by atoms with Crippen LogP contribution in [0.2, 0.25) is 0 Å². The molecule has 1 fully saturated rings. The second-order valence-corrected chi connectivity index (χ2v) is 5.60. The first-order chi connectivity index (χ1) is 10.3. The average Bonchev–Trinajstić information content (AvgIpc) is 2.54. The van der Waals surface area contributed by atoms with Gasteiger partial charge in [-0.1, -0.05) is 25.1 Å². The number of nitrogens with zero attached hydrogens (tertiary/aromatic N) is 3. The third kappa shape index (κ3) is 3.01. The van der Waals surface area contributed by atoms with E-state index in [9.17, 15) is 0 Å². The lowest BCUT2D eigenvalue weighted by atomic mass is 10.1. The lowest BCUT2D eigenvalue weighted by Crippen LogP contribution is -2.46. The smallest absolute Gasteiger partial charge is 0.0726 e. The molecule has 4 heteroatoms. The molecule has 21 heavy (non-hydrogen) atoms. The number of piperazine rings is 1. The summed E-state index contributed by atoms with van der Waals surface area (Å²) in [5.41, 5.74) is 3.55. The number of hydrogen-bond donors (Lipinski definition) is 1. The van der Waals surface area contributed by atoms with Crippen molar-refractivity contribution in [2.24, 2.45) is 0 Å². The summed E-state index contributed by atoms with van der Waals surface area (Å²) >= 11 is 0. The Morgan fingerprint density at radius 3 is 2.62 bits per heavy atom. The Morgan fingerprint density at radius 2 is 1.90 bits per heavy atom. The second kappa shape index (κ2) is 6.41. The maximum Gasteiger partial charge on any atom is 0.0726 e. The molecular formula is C17H24N4. The first kappa shape index (κ1) is 14.3. The topological polar surface area (TPSA) is 31.4 Å². The van der Waals surface area contributed by atoms with Gasteiger partial charge in [-0.15, -0.1) is 0 Å². The molecule has 1 aliphatic heterocycles. The molecule has 112 valence electrons. The van der Waals surface area contributed by atoms with Gasteiger partial charge in [-0.25, -0.2) is 0 Å². The molecule has 1 aromatic carbocycles. The lowest BCUT2D eigenvalue weighted by Gasteiger charge is -2.36. The van der Waals surface area contributed by atoms with E-state index < -0.39 is 0 Å². The summed E-state index contributed by atoms with van der Waals surface area (Å²) in [6, 6.07) is 10.7. The zero-order chi connectivity index (χ0) is 14.7. The number of anilines is 1. The monoisotopic (exact) mass is 284 g/mol. The highest BCUT2D eigenvalue weighted by atomic mass is 15.3. The van der Waals surface area contributed by atoms with Gasteiger partial charge in [-0.05, 0) is 25.7 Å². The van der Waals surface area contributed by atoms with E-state index in [1.807, 2.05) is 7.05 Å². The highest BCUT2D eigenvalue weighted by molar-refractivity contribution is 5.92. The van der Waals surface area contributed by atoms with Crippen LogP contribution in [0.15, 0.2) is 30.3 Å². The Morgan fingerprint density at radius 1 is 1.14 bits per heavy atom. The maximum atomic E-state index is 4.75. The van der Waals surface area contributed by atoms with Crippen molar-refractivity contribution in [2.75, 3.05) is 44.7 Å². The Kier molecular flexibility index (Phi) is 4.36. The summed E-state index contributed by atoms with van der Waals surface area (Å²) in [6.07, 6.45) is 0. The van der Waals surface area contributed by atoms with Crippen LogP contribution in [0.5, 0.6) is 0 Å². The van der Waals surface area contributed by atoms with Gasteiger partial charge < -0.3 is 15.1 Å². The van der Waals surface area contributed by atoms with Gasteiger partial charge in [-0.3, -0.25) is 4.98 Å². The van der Waals surface area contributed by atoms with Gasteiger partial charge in [0.15, 0.2) is 0 Å². The molecule has 1 aromatic heterocycles. The van der Waals surface area contributed by atoms with Crippen molar-refractivity contribution in [3.05, 3.63) is 36.0 Å². The van der Waals surface area contributed by atoms with Crippen LogP contribution in [-0.2, 0) is 6.54 Å². The summed E-state index contributed by atoms with van der Waals surface area (Å²) in [5, 5.41) is 4.47. The predicted octanol–water partition coefficient (Wildman–Crippen LogP) is 2.10. The zero-order valence-electron chi connectivity index (χ0n) is 13.0. The van der Waals surface area contributed by atoms with Crippen LogP contribution < -0.4 is 10.2 Å². The van der Waals surface area contributed by atoms with E-state index in [1.54, 1.807) is 0 Å². The first-order valence-electron chi connectivity index (χ1n) is 7.82. The number of aromatic nitrogens is 1. The molecule has 1 N–H and O–H groups in total. The first-order valence-corrected chi connectivity index (χ1v) is 7.82. The van der Waals surface area contributed by atoms with Crippen molar-refractivity contribution < 1.29 is 0 Å². The quantitative estimate of drug-likeness (QED) is 0.931. The largest absolute Gasteiger partial charge is 0.368 e. The highest BCUT2D eigenvalue weighted by Crippen LogP contribution is 2.27. The standard InChI is InChI=1S/C17H24N4/c1-3-20-8-10-21(11-9-20)17-12-14(13-18-2)19-16-7-5-4-6-15(16)17/h4-7,12,18H,3,8-11,13H2,1-2H3. The number of rotatable bonds is 4. The number of benzene rings is 1. The molecule has 0 atom stereocenters. The molecule has 1 aliphatic rings. The van der Waals surface area contributed by atoms with E-state index in [2.05, 4.69) is 52.4 Å². The van der Waals surface area contributed by atoms with Crippen molar-refractivity contribution >= 4 is 16.6 Å². The van der Waals surface area contributed by atoms with E-state index in [-0.39, 0.29) is 0 Å². The minimum atomic E-state index is 0.812. The Labute approximate surface area is 126 Å². The van der Waals surface area contributed by atoms with Crippen molar-refractivity contribution in [1.29, 1.82) is 0 Å². The number of pyridine rings is 1. The van der Waals surface area contributed by atoms with Crippen molar-refractivity contribution in [3.63, 3.8) is 0 Å². The third-order valence-corrected chi connectivity index (χ3v) is 4.27. The average molecular weight is 284 g/mol. The number of nitrogens with one attached hydrogen (secondary N) is 1. The fourth-order valence-corrected chi connectivity index (χ4v) is 3.05. The van der Waals surface area contributed by atoms with Crippen LogP contribution in [0.4, 0.5) is 5.69 Å². The number of fused-ring (bicyclic) bond motifs is 1. The molecule has 0 unspecified atom stereocenters. The fraction of sp³-hybridized carbons (Fsp3) is 0.471. The van der Waals surface area contributed by atoms with E-state index in [0.29, 0.717) is 0 Å². The van der Waals surface area contributed by atoms with Gasteiger partial charge in [0.05, 0.1) is 11.2 Å². The van der Waals surface area contributed by atoms with Crippen molar-refractivity contribution in [2.45, 2.75) is 13.5 Å². The third-order valence-electron chi connectivity index (χ3n) is 4.27. The Hall–Kier alpha value is -1.65. The van der Waals surface area contributed by atoms with E-state index in [1.165, 1.54) is 11.1 Å². The zero-order valence-corrected chi connectivity index (χ0v) is 13.0. The molecule has 0 radical (unpaired) electrons. The van der Waals surface area contributed by atoms with Crippen LogP contribution in [0, 0.1) is 0 Å². The van der Waals surface area contributed by atoms with Crippen LogP contribution in [-0.4, -0.2) is 49.7 Å². The SMILES string of the molecule is CCN1CCN(c2cc(CNC)nc3ccccc23)CC1. The van der Waals surface area contributed by atoms with Crippen molar-refractivity contribution in [3.8, 4) is 0 Å². The fourth-order valence-electron chi connectivity index (χ4n) is 3.05. The van der Waals surface area contributed by atoms with E-state index >= 15 is 0 Å². The maximum absolute atomic E-state index is 4.75. The van der Waals surface area contributed by atoms with Gasteiger partial charge in [0.25, 0.3) is 0 Å². The van der Waals surface area contributed by atoms with Gasteiger partial charge in [-0.2, -0.15) is 0 Å². The van der Waals surface area contributed by atoms with E-state index in [0.717, 1.165) is 50.5 Å². The minimum absolute atomic E-state index is 0.812. The summed E-state index contributed by atoms with van der Waals surface area (Å²) in [6.45, 7) is 8.69. The summed E-state index contributed by atoms with van der Waals surface area (Å²) < 4.78 is 0. The molecule has 0 spiro atoms. The predicted molar refractivity (Wildman–Crippen MR) is 88.8 cm³/mol. The molecular weight excluding hydrogens is 260 g/mol. The summed E-state index contributed by atoms with van der Waals surface area (Å²) in [4.78, 5) is 9.77. The van der Waals surface area contributed by atoms with Gasteiger partial charge in [0.2, 0.25) is 0 Å². The molecule has 0 saturated carbocycles. The normalized spacial score (nSPS) is 16.6. The summed E-state index contributed by atoms with van der Waals surface area (Å²) in [7, 11) is 1.97. The second-order valence-electron chi connectivity index (χ2n) is 5.60. The van der Waals surface area contributed by atoms with Crippen LogP contribution in [0.1, 0.15) is 12.6 Å². The summed E-state index contributed by atoms with van der Waals surface area (Å²) in [5.74, 6) is 0. The number of para-hydroxylation sites is 1. The molecule has 2 heterocycles. The molecule has 3 rings (SSSR count). The molecule has 2 aromatic rings. The van der Waals surface area contributed by atoms with Crippen molar-refractivity contribution in [1.82, 2.24) is 15.2 Å². The number of likely N-dealkylation sites (N-methyl/N-ethyl adjacent to an activating group) is 1. The number of hydrogen-bond acceptors (Lipinski definition) is 4. The Bertz CT molecular complexity index is 603. The lowest BCUT2D eigenvalue weighted by molar-refractivity contribution is 0.271. The molecule has 4 nitrogen and oxygen atoms in total. The van der Waals surface area contributed by atoms with Gasteiger partial charge in [0.1, 0.15) is 0 Å². The van der Waals surface area contributed by atoms with Crippen LogP contribution >= 0.6 is 0 Å². The molecule has 0 amide bonds. The van der Waals surface area contributed by atoms with Gasteiger partial charge >= 0.3 is 0 Å². The molecule has 1 saturated heterocycles. The highest BCUT2D eigenvalue weighted by Gasteiger charge is 2.18. The van der Waals surface area contributed by atoms with Crippen LogP contribution in [0.25, 0.3) is 10.9 Å².